The SMILES string of the molecule is CC1(C)OB(C(F)=Cc2cc(OC(F)(F)F)cc(SC(F)(F)F)c2)OC1(C)C. The minimum atomic E-state index is -5.12. The summed E-state index contributed by atoms with van der Waals surface area (Å²) in [6.45, 7) is 6.65. The van der Waals surface area contributed by atoms with Crippen LogP contribution in [-0.4, -0.2) is 30.2 Å². The van der Waals surface area contributed by atoms with Gasteiger partial charge in [0.05, 0.1) is 11.2 Å². The van der Waals surface area contributed by atoms with E-state index in [4.69, 9.17) is 9.31 Å². The summed E-state index contributed by atoms with van der Waals surface area (Å²) in [6, 6.07) is 2.21. The molecule has 0 amide bonds. The van der Waals surface area contributed by atoms with E-state index in [9.17, 15) is 30.7 Å². The van der Waals surface area contributed by atoms with Crippen molar-refractivity contribution >= 4 is 25.0 Å². The smallest absolute Gasteiger partial charge is 0.406 e. The van der Waals surface area contributed by atoms with Crippen molar-refractivity contribution in [3.8, 4) is 5.75 Å². The highest BCUT2D eigenvalue weighted by Gasteiger charge is 2.53. The van der Waals surface area contributed by atoms with Crippen molar-refractivity contribution in [3.05, 3.63) is 29.5 Å². The standard InChI is InChI=1S/C16H16BF7O3S/c1-13(2)14(3,4)27-17(26-13)12(18)7-9-5-10(25-15(19,20)21)8-11(6-9)28-16(22,23)24/h5-8H,1-4H3. The molecule has 1 fully saturated rings. The molecule has 28 heavy (non-hydrogen) atoms. The van der Waals surface area contributed by atoms with Crippen LogP contribution in [0, 0.1) is 0 Å². The third-order valence-corrected chi connectivity index (χ3v) is 4.86. The summed E-state index contributed by atoms with van der Waals surface area (Å²) in [5, 5.41) is 0. The molecular formula is C16H16BF7O3S. The Morgan fingerprint density at radius 1 is 1.00 bits per heavy atom. The number of benzene rings is 1. The molecule has 12 heteroatoms. The molecule has 1 aromatic rings. The molecule has 0 aromatic heterocycles. The van der Waals surface area contributed by atoms with E-state index < -0.39 is 58.3 Å². The first kappa shape index (κ1) is 22.9. The highest BCUT2D eigenvalue weighted by molar-refractivity contribution is 8.00. The summed E-state index contributed by atoms with van der Waals surface area (Å²) < 4.78 is 104. The van der Waals surface area contributed by atoms with Crippen LogP contribution in [0.25, 0.3) is 6.08 Å². The molecule has 0 saturated carbocycles. The first-order valence-electron chi connectivity index (χ1n) is 7.87. The molecule has 0 aliphatic carbocycles. The average Bonchev–Trinajstić information content (AvgIpc) is 2.63. The van der Waals surface area contributed by atoms with E-state index in [1.165, 1.54) is 0 Å². The van der Waals surface area contributed by atoms with E-state index in [2.05, 4.69) is 4.74 Å². The number of alkyl halides is 6. The molecule has 1 aromatic carbocycles. The van der Waals surface area contributed by atoms with E-state index in [1.54, 1.807) is 27.7 Å². The van der Waals surface area contributed by atoms with Crippen LogP contribution in [0.2, 0.25) is 0 Å². The maximum absolute atomic E-state index is 14.5. The molecule has 0 bridgehead atoms. The maximum Gasteiger partial charge on any atom is 0.573 e. The van der Waals surface area contributed by atoms with Crippen LogP contribution in [0.3, 0.4) is 0 Å². The third kappa shape index (κ3) is 6.05. The Kier molecular flexibility index (Phi) is 6.09. The van der Waals surface area contributed by atoms with Gasteiger partial charge in [0.1, 0.15) is 11.5 Å². The van der Waals surface area contributed by atoms with Crippen LogP contribution in [0.15, 0.2) is 28.8 Å². The van der Waals surface area contributed by atoms with Crippen LogP contribution < -0.4 is 4.74 Å². The van der Waals surface area contributed by atoms with E-state index in [1.807, 2.05) is 0 Å². The summed E-state index contributed by atoms with van der Waals surface area (Å²) in [6.07, 6.45) is -4.38. The molecule has 3 nitrogen and oxygen atoms in total. The molecule has 1 aliphatic rings. The van der Waals surface area contributed by atoms with Crippen LogP contribution in [0.5, 0.6) is 5.75 Å². The van der Waals surface area contributed by atoms with Gasteiger partial charge < -0.3 is 14.0 Å². The molecule has 0 atom stereocenters. The fraction of sp³-hybridized carbons (Fsp3) is 0.500. The Balaban J connectivity index is 2.36. The summed E-state index contributed by atoms with van der Waals surface area (Å²) >= 11 is -0.648. The van der Waals surface area contributed by atoms with Gasteiger partial charge in [0, 0.05) is 4.90 Å². The largest absolute Gasteiger partial charge is 0.573 e. The number of hydrogen-bond acceptors (Lipinski definition) is 4. The van der Waals surface area contributed by atoms with Gasteiger partial charge in [0.2, 0.25) is 0 Å². The monoisotopic (exact) mass is 432 g/mol. The Hall–Kier alpha value is -1.40. The third-order valence-electron chi connectivity index (χ3n) is 4.15. The summed E-state index contributed by atoms with van der Waals surface area (Å²) in [5.41, 5.74) is -7.78. The Morgan fingerprint density at radius 3 is 2.00 bits per heavy atom. The topological polar surface area (TPSA) is 27.7 Å². The van der Waals surface area contributed by atoms with Crippen molar-refractivity contribution in [1.29, 1.82) is 0 Å². The van der Waals surface area contributed by atoms with E-state index in [0.29, 0.717) is 6.07 Å². The predicted octanol–water partition coefficient (Wildman–Crippen LogP) is 6.14. The van der Waals surface area contributed by atoms with E-state index in [0.717, 1.165) is 18.2 Å². The Morgan fingerprint density at radius 2 is 1.54 bits per heavy atom. The van der Waals surface area contributed by atoms with Gasteiger partial charge in [0.15, 0.2) is 0 Å². The minimum Gasteiger partial charge on any atom is -0.406 e. The van der Waals surface area contributed by atoms with Crippen LogP contribution >= 0.6 is 11.8 Å². The van der Waals surface area contributed by atoms with Crippen molar-refractivity contribution in [2.45, 2.75) is 55.7 Å². The maximum atomic E-state index is 14.5. The van der Waals surface area contributed by atoms with Gasteiger partial charge in [-0.15, -0.1) is 13.2 Å². The number of thioether (sulfide) groups is 1. The molecule has 2 rings (SSSR count). The molecule has 1 saturated heterocycles. The van der Waals surface area contributed by atoms with E-state index >= 15 is 0 Å². The molecule has 0 spiro atoms. The molecule has 1 aliphatic heterocycles. The van der Waals surface area contributed by atoms with Gasteiger partial charge in [0.25, 0.3) is 0 Å². The lowest BCUT2D eigenvalue weighted by molar-refractivity contribution is -0.274. The van der Waals surface area contributed by atoms with Crippen molar-refractivity contribution in [2.24, 2.45) is 0 Å². The normalized spacial score (nSPS) is 19.8. The molecule has 0 N–H and O–H groups in total. The van der Waals surface area contributed by atoms with E-state index in [-0.39, 0.29) is 5.56 Å². The second kappa shape index (κ2) is 7.45. The van der Waals surface area contributed by atoms with Crippen LogP contribution in [0.1, 0.15) is 33.3 Å². The Labute approximate surface area is 161 Å². The molecule has 156 valence electrons. The lowest BCUT2D eigenvalue weighted by atomic mass is 9.87. The van der Waals surface area contributed by atoms with Gasteiger partial charge >= 0.3 is 19.0 Å². The highest BCUT2D eigenvalue weighted by Crippen LogP contribution is 2.41. The molecule has 0 radical (unpaired) electrons. The number of rotatable bonds is 4. The predicted molar refractivity (Wildman–Crippen MR) is 90.2 cm³/mol. The van der Waals surface area contributed by atoms with Crippen LogP contribution in [-0.2, 0) is 9.31 Å². The van der Waals surface area contributed by atoms with Crippen molar-refractivity contribution < 1.29 is 44.8 Å². The van der Waals surface area contributed by atoms with Gasteiger partial charge in [-0.3, -0.25) is 0 Å². The lowest BCUT2D eigenvalue weighted by Crippen LogP contribution is -2.41. The van der Waals surface area contributed by atoms with Gasteiger partial charge in [-0.05, 0) is 69.3 Å². The zero-order valence-corrected chi connectivity index (χ0v) is 16.0. The second-order valence-electron chi connectivity index (χ2n) is 6.95. The van der Waals surface area contributed by atoms with Gasteiger partial charge in [-0.25, -0.2) is 4.39 Å². The summed E-state index contributed by atoms with van der Waals surface area (Å²) in [4.78, 5) is -0.595. The number of hydrogen-bond donors (Lipinski definition) is 0. The average molecular weight is 432 g/mol. The van der Waals surface area contributed by atoms with Crippen molar-refractivity contribution in [1.82, 2.24) is 0 Å². The van der Waals surface area contributed by atoms with Crippen molar-refractivity contribution in [2.75, 3.05) is 0 Å². The second-order valence-corrected chi connectivity index (χ2v) is 8.09. The zero-order chi connectivity index (χ0) is 21.5. The first-order valence-corrected chi connectivity index (χ1v) is 8.68. The molecular weight excluding hydrogens is 416 g/mol. The first-order chi connectivity index (χ1) is 12.5. The lowest BCUT2D eigenvalue weighted by Gasteiger charge is -2.32. The quantitative estimate of drug-likeness (QED) is 0.325. The molecule has 1 heterocycles. The fourth-order valence-corrected chi connectivity index (χ4v) is 2.88. The zero-order valence-electron chi connectivity index (χ0n) is 15.2. The Bertz CT molecular complexity index is 709. The van der Waals surface area contributed by atoms with Crippen molar-refractivity contribution in [3.63, 3.8) is 0 Å². The van der Waals surface area contributed by atoms with Gasteiger partial charge in [-0.1, -0.05) is 0 Å². The molecule has 0 unspecified atom stereocenters. The number of ether oxygens (including phenoxy) is 1. The number of halogens is 7. The van der Waals surface area contributed by atoms with Gasteiger partial charge in [-0.2, -0.15) is 13.2 Å². The summed E-state index contributed by atoms with van der Waals surface area (Å²) in [7, 11) is -1.45. The highest BCUT2D eigenvalue weighted by atomic mass is 32.2. The summed E-state index contributed by atoms with van der Waals surface area (Å²) in [5.74, 6) is -0.908. The minimum absolute atomic E-state index is 0.277. The van der Waals surface area contributed by atoms with Crippen LogP contribution in [0.4, 0.5) is 30.7 Å². The fourth-order valence-electron chi connectivity index (χ4n) is 2.25.